The van der Waals surface area contributed by atoms with Gasteiger partial charge in [0.15, 0.2) is 5.96 Å². The number of benzene rings is 2. The molecule has 2 aromatic rings. The van der Waals surface area contributed by atoms with E-state index in [-0.39, 0.29) is 28.9 Å². The van der Waals surface area contributed by atoms with Gasteiger partial charge in [-0.25, -0.2) is 18.1 Å². The smallest absolute Gasteiger partial charge is 0.240 e. The van der Waals surface area contributed by atoms with Gasteiger partial charge in [0.25, 0.3) is 0 Å². The highest BCUT2D eigenvalue weighted by Crippen LogP contribution is 2.12. The lowest BCUT2D eigenvalue weighted by Crippen LogP contribution is -2.38. The molecule has 0 heterocycles. The standard InChI is InChI=1S/C20H28N4O3S.HI/c1-4-22-20(23-14-13-16-5-9-18(27-3)10-6-16)24-15-17-7-11-19(12-8-17)28(25,26)21-2;/h5-12,21H,4,13-15H2,1-3H3,(H2,22,23,24);1H. The van der Waals surface area contributed by atoms with Gasteiger partial charge in [-0.05, 0) is 55.8 Å². The molecule has 0 amide bonds. The Bertz CT molecular complexity index is 870. The van der Waals surface area contributed by atoms with Crippen LogP contribution in [0.3, 0.4) is 0 Å². The quantitative estimate of drug-likeness (QED) is 0.262. The second-order valence-corrected chi connectivity index (χ2v) is 7.96. The van der Waals surface area contributed by atoms with Crippen molar-refractivity contribution >= 4 is 40.0 Å². The second kappa shape index (κ2) is 12.7. The maximum atomic E-state index is 11.8. The van der Waals surface area contributed by atoms with E-state index in [1.807, 2.05) is 31.2 Å². The van der Waals surface area contributed by atoms with Gasteiger partial charge < -0.3 is 15.4 Å². The number of hydrogen-bond donors (Lipinski definition) is 3. The molecule has 2 aromatic carbocycles. The fraction of sp³-hybridized carbons (Fsp3) is 0.350. The molecule has 0 saturated carbocycles. The first-order valence-corrected chi connectivity index (χ1v) is 10.6. The van der Waals surface area contributed by atoms with Crippen LogP contribution in [0.5, 0.6) is 5.75 Å². The molecular formula is C20H29IN4O3S. The highest BCUT2D eigenvalue weighted by atomic mass is 127. The SMILES string of the molecule is CCNC(=NCc1ccc(S(=O)(=O)NC)cc1)NCCc1ccc(OC)cc1.I. The first-order valence-electron chi connectivity index (χ1n) is 9.16. The molecule has 160 valence electrons. The minimum absolute atomic E-state index is 0. The van der Waals surface area contributed by atoms with Crippen molar-refractivity contribution < 1.29 is 13.2 Å². The largest absolute Gasteiger partial charge is 0.497 e. The Balaban J connectivity index is 0.00000420. The molecule has 9 heteroatoms. The first-order chi connectivity index (χ1) is 13.5. The minimum Gasteiger partial charge on any atom is -0.497 e. The number of sulfonamides is 1. The van der Waals surface area contributed by atoms with Gasteiger partial charge in [0, 0.05) is 13.1 Å². The van der Waals surface area contributed by atoms with Crippen molar-refractivity contribution in [2.75, 3.05) is 27.2 Å². The van der Waals surface area contributed by atoms with E-state index in [1.165, 1.54) is 12.6 Å². The van der Waals surface area contributed by atoms with E-state index in [9.17, 15) is 8.42 Å². The van der Waals surface area contributed by atoms with E-state index in [2.05, 4.69) is 20.3 Å². The van der Waals surface area contributed by atoms with Gasteiger partial charge in [-0.15, -0.1) is 24.0 Å². The summed E-state index contributed by atoms with van der Waals surface area (Å²) in [5.74, 6) is 1.57. The number of rotatable bonds is 9. The van der Waals surface area contributed by atoms with Gasteiger partial charge in [0.05, 0.1) is 18.6 Å². The van der Waals surface area contributed by atoms with Crippen LogP contribution in [-0.2, 0) is 23.0 Å². The molecule has 2 rings (SSSR count). The summed E-state index contributed by atoms with van der Waals surface area (Å²) in [4.78, 5) is 4.81. The number of nitrogens with zero attached hydrogens (tertiary/aromatic N) is 1. The summed E-state index contributed by atoms with van der Waals surface area (Å²) in [7, 11) is -0.364. The van der Waals surface area contributed by atoms with Crippen LogP contribution in [0.15, 0.2) is 58.4 Å². The number of guanidine groups is 1. The molecule has 0 saturated heterocycles. The van der Waals surface area contributed by atoms with Crippen molar-refractivity contribution in [1.82, 2.24) is 15.4 Å². The lowest BCUT2D eigenvalue weighted by molar-refractivity contribution is 0.414. The average Bonchev–Trinajstić information content (AvgIpc) is 2.72. The monoisotopic (exact) mass is 532 g/mol. The zero-order valence-corrected chi connectivity index (χ0v) is 20.1. The molecule has 3 N–H and O–H groups in total. The summed E-state index contributed by atoms with van der Waals surface area (Å²) in [6, 6.07) is 14.7. The summed E-state index contributed by atoms with van der Waals surface area (Å²) in [6.45, 7) is 3.97. The highest BCUT2D eigenvalue weighted by Gasteiger charge is 2.10. The molecule has 0 radical (unpaired) electrons. The van der Waals surface area contributed by atoms with Crippen LogP contribution in [0.4, 0.5) is 0 Å². The molecule has 29 heavy (non-hydrogen) atoms. The number of halogens is 1. The van der Waals surface area contributed by atoms with Crippen LogP contribution in [0, 0.1) is 0 Å². The van der Waals surface area contributed by atoms with E-state index in [1.54, 1.807) is 31.4 Å². The molecule has 0 spiro atoms. The summed E-state index contributed by atoms with van der Waals surface area (Å²) >= 11 is 0. The third-order valence-corrected chi connectivity index (χ3v) is 5.56. The lowest BCUT2D eigenvalue weighted by Gasteiger charge is -2.11. The van der Waals surface area contributed by atoms with Crippen molar-refractivity contribution in [3.8, 4) is 5.75 Å². The zero-order valence-electron chi connectivity index (χ0n) is 16.9. The Morgan fingerprint density at radius 1 is 1.00 bits per heavy atom. The minimum atomic E-state index is -3.42. The van der Waals surface area contributed by atoms with Gasteiger partial charge in [-0.1, -0.05) is 24.3 Å². The average molecular weight is 532 g/mol. The highest BCUT2D eigenvalue weighted by molar-refractivity contribution is 14.0. The van der Waals surface area contributed by atoms with Gasteiger partial charge in [-0.2, -0.15) is 0 Å². The summed E-state index contributed by atoms with van der Waals surface area (Å²) in [6.07, 6.45) is 0.866. The van der Waals surface area contributed by atoms with E-state index < -0.39 is 10.0 Å². The predicted molar refractivity (Wildman–Crippen MR) is 128 cm³/mol. The topological polar surface area (TPSA) is 91.8 Å². The predicted octanol–water partition coefficient (Wildman–Crippen LogP) is 2.52. The molecule has 0 aromatic heterocycles. The van der Waals surface area contributed by atoms with Crippen LogP contribution in [0.1, 0.15) is 18.1 Å². The van der Waals surface area contributed by atoms with Crippen LogP contribution in [0.2, 0.25) is 0 Å². The second-order valence-electron chi connectivity index (χ2n) is 6.07. The van der Waals surface area contributed by atoms with Gasteiger partial charge >= 0.3 is 0 Å². The van der Waals surface area contributed by atoms with Crippen LogP contribution >= 0.6 is 24.0 Å². The molecule has 0 atom stereocenters. The van der Waals surface area contributed by atoms with Crippen molar-refractivity contribution in [3.63, 3.8) is 0 Å². The Morgan fingerprint density at radius 3 is 2.17 bits per heavy atom. The molecule has 0 aliphatic rings. The molecule has 0 aliphatic carbocycles. The maximum absolute atomic E-state index is 11.8. The Morgan fingerprint density at radius 2 is 1.62 bits per heavy atom. The van der Waals surface area contributed by atoms with Crippen molar-refractivity contribution in [2.45, 2.75) is 24.8 Å². The van der Waals surface area contributed by atoms with Gasteiger partial charge in [-0.3, -0.25) is 0 Å². The molecule has 7 nitrogen and oxygen atoms in total. The summed E-state index contributed by atoms with van der Waals surface area (Å²) in [5.41, 5.74) is 2.15. The number of hydrogen-bond acceptors (Lipinski definition) is 4. The molecule has 0 fully saturated rings. The Kier molecular flexibility index (Phi) is 11.0. The molecule has 0 bridgehead atoms. The summed E-state index contributed by atoms with van der Waals surface area (Å²) < 4.78 is 31.0. The first kappa shape index (κ1) is 25.2. The lowest BCUT2D eigenvalue weighted by atomic mass is 10.1. The van der Waals surface area contributed by atoms with Crippen LogP contribution < -0.4 is 20.1 Å². The van der Waals surface area contributed by atoms with E-state index in [4.69, 9.17) is 4.74 Å². The van der Waals surface area contributed by atoms with E-state index >= 15 is 0 Å². The van der Waals surface area contributed by atoms with E-state index in [0.717, 1.165) is 36.8 Å². The van der Waals surface area contributed by atoms with Crippen LogP contribution in [-0.4, -0.2) is 41.6 Å². The normalized spacial score (nSPS) is 11.5. The summed E-state index contributed by atoms with van der Waals surface area (Å²) in [5, 5.41) is 6.53. The fourth-order valence-electron chi connectivity index (χ4n) is 2.52. The molecule has 0 aliphatic heterocycles. The Labute approximate surface area is 190 Å². The molecular weight excluding hydrogens is 503 g/mol. The third-order valence-electron chi connectivity index (χ3n) is 4.13. The van der Waals surface area contributed by atoms with Gasteiger partial charge in [0.2, 0.25) is 10.0 Å². The number of aliphatic imine (C=N–C) groups is 1. The number of nitrogens with one attached hydrogen (secondary N) is 3. The fourth-order valence-corrected chi connectivity index (χ4v) is 3.25. The molecule has 0 unspecified atom stereocenters. The van der Waals surface area contributed by atoms with Crippen LogP contribution in [0.25, 0.3) is 0 Å². The number of ether oxygens (including phenoxy) is 1. The van der Waals surface area contributed by atoms with Crippen molar-refractivity contribution in [3.05, 3.63) is 59.7 Å². The van der Waals surface area contributed by atoms with E-state index in [0.29, 0.717) is 6.54 Å². The third kappa shape index (κ3) is 8.19. The van der Waals surface area contributed by atoms with Gasteiger partial charge in [0.1, 0.15) is 5.75 Å². The number of methoxy groups -OCH3 is 1. The van der Waals surface area contributed by atoms with Crippen molar-refractivity contribution in [2.24, 2.45) is 4.99 Å². The maximum Gasteiger partial charge on any atom is 0.240 e. The van der Waals surface area contributed by atoms with Crippen molar-refractivity contribution in [1.29, 1.82) is 0 Å². The Hall–Kier alpha value is -1.85. The zero-order chi connectivity index (χ0) is 20.4.